The largest absolute Gasteiger partial charge is 0.484 e. The van der Waals surface area contributed by atoms with Gasteiger partial charge in [0.1, 0.15) is 5.75 Å². The molecule has 9 nitrogen and oxygen atoms in total. The first-order chi connectivity index (χ1) is 17.7. The molecule has 0 aliphatic heterocycles. The number of nitrogens with zero attached hydrogens (tertiary/aromatic N) is 2. The second-order valence-electron chi connectivity index (χ2n) is 7.88. The van der Waals surface area contributed by atoms with Crippen molar-refractivity contribution >= 4 is 46.0 Å². The number of carbonyl (C=O) groups is 2. The van der Waals surface area contributed by atoms with Crippen LogP contribution in [-0.4, -0.2) is 40.8 Å². The quantitative estimate of drug-likeness (QED) is 0.199. The summed E-state index contributed by atoms with van der Waals surface area (Å²) in [7, 11) is 0. The first kappa shape index (κ1) is 22.6. The number of amides is 2. The minimum atomic E-state index is -0.403. The van der Waals surface area contributed by atoms with Gasteiger partial charge in [0.15, 0.2) is 6.61 Å². The zero-order valence-corrected chi connectivity index (χ0v) is 19.1. The number of ether oxygens (including phenoxy) is 1. The fourth-order valence-corrected chi connectivity index (χ4v) is 3.68. The predicted octanol–water partition coefficient (Wildman–Crippen LogP) is 3.94. The van der Waals surface area contributed by atoms with Crippen molar-refractivity contribution in [3.8, 4) is 5.75 Å². The Hall–Kier alpha value is -5.18. The lowest BCUT2D eigenvalue weighted by molar-refractivity contribution is -0.123. The van der Waals surface area contributed by atoms with Gasteiger partial charge in [-0.2, -0.15) is 10.2 Å². The van der Waals surface area contributed by atoms with Crippen LogP contribution >= 0.6 is 0 Å². The smallest absolute Gasteiger partial charge is 0.277 e. The molecular weight excluding hydrogens is 456 g/mol. The number of aromatic amines is 2. The first-order valence-electron chi connectivity index (χ1n) is 11.2. The third kappa shape index (κ3) is 5.15. The monoisotopic (exact) mass is 478 g/mol. The number of para-hydroxylation sites is 2. The highest BCUT2D eigenvalue weighted by atomic mass is 16.5. The predicted molar refractivity (Wildman–Crippen MR) is 139 cm³/mol. The van der Waals surface area contributed by atoms with Crippen molar-refractivity contribution in [2.75, 3.05) is 6.61 Å². The third-order valence-corrected chi connectivity index (χ3v) is 5.49. The average Bonchev–Trinajstić information content (AvgIpc) is 3.52. The number of hydrogen-bond donors (Lipinski definition) is 4. The number of carbonyl (C=O) groups excluding carboxylic acids is 2. The Balaban J connectivity index is 1.09. The lowest BCUT2D eigenvalue weighted by Gasteiger charge is -2.06. The molecule has 2 amide bonds. The summed E-state index contributed by atoms with van der Waals surface area (Å²) in [6.07, 6.45) is 6.82. The van der Waals surface area contributed by atoms with Crippen LogP contribution in [0.3, 0.4) is 0 Å². The average molecular weight is 479 g/mol. The standard InChI is InChI=1S/C27H22N6O3/c34-26(32-30-15-19-13-28-24-7-3-1-5-22(19)24)17-36-21-11-9-18(10-12-21)27(35)33-31-16-20-14-29-25-8-4-2-6-23(20)25/h1-16,28-29H,17H2,(H,32,34)(H,33,35)/b30-15+,31-16+. The molecule has 0 saturated carbocycles. The van der Waals surface area contributed by atoms with Gasteiger partial charge in [-0.05, 0) is 36.4 Å². The second kappa shape index (κ2) is 10.4. The summed E-state index contributed by atoms with van der Waals surface area (Å²) < 4.78 is 5.47. The van der Waals surface area contributed by atoms with E-state index < -0.39 is 5.91 Å². The van der Waals surface area contributed by atoms with Crippen LogP contribution in [0.2, 0.25) is 0 Å². The number of fused-ring (bicyclic) bond motifs is 2. The van der Waals surface area contributed by atoms with Crippen molar-refractivity contribution in [1.82, 2.24) is 20.8 Å². The van der Waals surface area contributed by atoms with Crippen LogP contribution in [0.15, 0.2) is 95.4 Å². The molecular formula is C27H22N6O3. The van der Waals surface area contributed by atoms with Gasteiger partial charge in [0.2, 0.25) is 0 Å². The van der Waals surface area contributed by atoms with Gasteiger partial charge >= 0.3 is 0 Å². The molecule has 0 saturated heterocycles. The Morgan fingerprint density at radius 1 is 0.750 bits per heavy atom. The van der Waals surface area contributed by atoms with Crippen LogP contribution in [0.25, 0.3) is 21.8 Å². The Labute approximate surface area is 205 Å². The summed E-state index contributed by atoms with van der Waals surface area (Å²) in [5.41, 5.74) is 9.09. The van der Waals surface area contributed by atoms with Gasteiger partial charge in [-0.15, -0.1) is 0 Å². The van der Waals surface area contributed by atoms with Crippen LogP contribution in [-0.2, 0) is 4.79 Å². The highest BCUT2D eigenvalue weighted by Gasteiger charge is 2.07. The van der Waals surface area contributed by atoms with Gasteiger partial charge in [0, 0.05) is 50.9 Å². The fourth-order valence-electron chi connectivity index (χ4n) is 3.68. The van der Waals surface area contributed by atoms with E-state index in [0.29, 0.717) is 11.3 Å². The summed E-state index contributed by atoms with van der Waals surface area (Å²) in [6, 6.07) is 22.1. The highest BCUT2D eigenvalue weighted by Crippen LogP contribution is 2.17. The molecule has 0 atom stereocenters. The molecule has 9 heteroatoms. The van der Waals surface area contributed by atoms with E-state index in [1.165, 1.54) is 0 Å². The summed E-state index contributed by atoms with van der Waals surface area (Å²) in [4.78, 5) is 30.7. The third-order valence-electron chi connectivity index (χ3n) is 5.49. The van der Waals surface area contributed by atoms with Crippen molar-refractivity contribution in [1.29, 1.82) is 0 Å². The van der Waals surface area contributed by atoms with Gasteiger partial charge in [-0.1, -0.05) is 36.4 Å². The molecule has 178 valence electrons. The van der Waals surface area contributed by atoms with Gasteiger partial charge < -0.3 is 14.7 Å². The van der Waals surface area contributed by atoms with Crippen LogP contribution < -0.4 is 15.6 Å². The molecule has 36 heavy (non-hydrogen) atoms. The normalized spacial score (nSPS) is 11.4. The molecule has 5 rings (SSSR count). The van der Waals surface area contributed by atoms with E-state index in [9.17, 15) is 9.59 Å². The van der Waals surface area contributed by atoms with E-state index >= 15 is 0 Å². The van der Waals surface area contributed by atoms with E-state index in [-0.39, 0.29) is 12.5 Å². The zero-order chi connectivity index (χ0) is 24.7. The molecule has 0 unspecified atom stereocenters. The lowest BCUT2D eigenvalue weighted by atomic mass is 10.2. The number of H-pyrrole nitrogens is 2. The summed E-state index contributed by atoms with van der Waals surface area (Å²) >= 11 is 0. The molecule has 0 bridgehead atoms. The minimum absolute atomic E-state index is 0.217. The molecule has 4 N–H and O–H groups in total. The van der Waals surface area contributed by atoms with Gasteiger partial charge in [0.25, 0.3) is 11.8 Å². The fraction of sp³-hybridized carbons (Fsp3) is 0.0370. The summed E-state index contributed by atoms with van der Waals surface area (Å²) in [5.74, 6) is -0.314. The van der Waals surface area contributed by atoms with E-state index in [2.05, 4.69) is 31.0 Å². The number of nitrogens with one attached hydrogen (secondary N) is 4. The number of benzene rings is 3. The molecule has 2 aromatic heterocycles. The maximum absolute atomic E-state index is 12.4. The van der Waals surface area contributed by atoms with E-state index in [1.54, 1.807) is 36.7 Å². The van der Waals surface area contributed by atoms with Crippen LogP contribution in [0, 0.1) is 0 Å². The van der Waals surface area contributed by atoms with Crippen LogP contribution in [0.5, 0.6) is 5.75 Å². The van der Waals surface area contributed by atoms with Crippen molar-refractivity contribution < 1.29 is 14.3 Å². The van der Waals surface area contributed by atoms with E-state index in [4.69, 9.17) is 4.74 Å². The lowest BCUT2D eigenvalue weighted by Crippen LogP contribution is -2.24. The van der Waals surface area contributed by atoms with Crippen molar-refractivity contribution in [3.05, 3.63) is 102 Å². The molecule has 2 heterocycles. The number of hydrazone groups is 2. The summed E-state index contributed by atoms with van der Waals surface area (Å²) in [6.45, 7) is -0.217. The van der Waals surface area contributed by atoms with Crippen molar-refractivity contribution in [2.45, 2.75) is 0 Å². The Morgan fingerprint density at radius 2 is 1.31 bits per heavy atom. The minimum Gasteiger partial charge on any atom is -0.484 e. The molecule has 0 aliphatic carbocycles. The molecule has 0 radical (unpaired) electrons. The maximum atomic E-state index is 12.4. The number of rotatable bonds is 8. The highest BCUT2D eigenvalue weighted by molar-refractivity contribution is 6.00. The summed E-state index contributed by atoms with van der Waals surface area (Å²) in [5, 5.41) is 10.1. The van der Waals surface area contributed by atoms with E-state index in [0.717, 1.165) is 32.9 Å². The van der Waals surface area contributed by atoms with Crippen LogP contribution in [0.4, 0.5) is 0 Å². The SMILES string of the molecule is O=C(COc1ccc(C(=O)N/N=C/c2c[nH]c3ccccc23)cc1)N/N=C/c1c[nH]c2ccccc12. The first-order valence-corrected chi connectivity index (χ1v) is 11.2. The van der Waals surface area contributed by atoms with Crippen LogP contribution in [0.1, 0.15) is 21.5 Å². The molecule has 0 aliphatic rings. The van der Waals surface area contributed by atoms with E-state index in [1.807, 2.05) is 60.9 Å². The molecule has 5 aromatic rings. The number of aromatic nitrogens is 2. The second-order valence-corrected chi connectivity index (χ2v) is 7.88. The Bertz CT molecular complexity index is 1580. The van der Waals surface area contributed by atoms with Gasteiger partial charge in [-0.3, -0.25) is 9.59 Å². The maximum Gasteiger partial charge on any atom is 0.277 e. The Morgan fingerprint density at radius 3 is 1.92 bits per heavy atom. The zero-order valence-electron chi connectivity index (χ0n) is 19.1. The van der Waals surface area contributed by atoms with Gasteiger partial charge in [0.05, 0.1) is 12.4 Å². The molecule has 0 spiro atoms. The van der Waals surface area contributed by atoms with Crippen molar-refractivity contribution in [3.63, 3.8) is 0 Å². The number of hydrogen-bond acceptors (Lipinski definition) is 5. The van der Waals surface area contributed by atoms with Gasteiger partial charge in [-0.25, -0.2) is 10.9 Å². The van der Waals surface area contributed by atoms with Crippen molar-refractivity contribution in [2.24, 2.45) is 10.2 Å². The topological polar surface area (TPSA) is 124 Å². The molecule has 3 aromatic carbocycles. The Kier molecular flexibility index (Phi) is 6.53. The molecule has 0 fully saturated rings.